The molecule has 0 amide bonds. The van der Waals surface area contributed by atoms with Crippen LogP contribution in [0.5, 0.6) is 0 Å². The Bertz CT molecular complexity index is 87.1. The molecule has 0 aliphatic rings. The zero-order valence-electron chi connectivity index (χ0n) is 6.13. The quantitative estimate of drug-likeness (QED) is 0.613. The first-order chi connectivity index (χ1) is 4.22. The Morgan fingerprint density at radius 1 is 1.78 bits per heavy atom. The summed E-state index contributed by atoms with van der Waals surface area (Å²) in [7, 11) is 2.09. The average Bonchev–Trinajstić information content (AvgIpc) is 1.87. The molecule has 9 heavy (non-hydrogen) atoms. The van der Waals surface area contributed by atoms with Crippen molar-refractivity contribution in [1.29, 1.82) is 0 Å². The van der Waals surface area contributed by atoms with Gasteiger partial charge in [0.05, 0.1) is 0 Å². The summed E-state index contributed by atoms with van der Waals surface area (Å²) in [6.45, 7) is 5.83. The molecule has 3 heteroatoms. The van der Waals surface area contributed by atoms with E-state index in [0.29, 0.717) is 5.25 Å². The van der Waals surface area contributed by atoms with Crippen LogP contribution in [0.1, 0.15) is 6.92 Å². The molecule has 1 nitrogen and oxygen atoms in total. The fourth-order valence-electron chi connectivity index (χ4n) is 0.566. The molecule has 0 aliphatic carbocycles. The van der Waals surface area contributed by atoms with Crippen LogP contribution in [0, 0.1) is 0 Å². The molecule has 0 aromatic heterocycles. The van der Waals surface area contributed by atoms with E-state index in [2.05, 4.69) is 26.3 Å². The van der Waals surface area contributed by atoms with Gasteiger partial charge in [-0.3, -0.25) is 0 Å². The van der Waals surface area contributed by atoms with Gasteiger partial charge in [-0.1, -0.05) is 0 Å². The SMILES string of the molecule is C=C[C@H](N)C(C)[S][TlH][CH3]. The van der Waals surface area contributed by atoms with Gasteiger partial charge in [-0.15, -0.1) is 0 Å². The third-order valence-electron chi connectivity index (χ3n) is 1.24. The monoisotopic (exact) mass is 337 g/mol. The van der Waals surface area contributed by atoms with Gasteiger partial charge in [-0.2, -0.15) is 0 Å². The molecule has 2 N–H and O–H groups in total. The van der Waals surface area contributed by atoms with Gasteiger partial charge in [0.1, 0.15) is 0 Å². The summed E-state index contributed by atoms with van der Waals surface area (Å²) in [5.41, 5.74) is 5.70. The van der Waals surface area contributed by atoms with Crippen LogP contribution >= 0.6 is 8.31 Å². The summed E-state index contributed by atoms with van der Waals surface area (Å²) in [6.07, 6.45) is 1.83. The van der Waals surface area contributed by atoms with Gasteiger partial charge in [0.25, 0.3) is 0 Å². The van der Waals surface area contributed by atoms with Gasteiger partial charge in [0.2, 0.25) is 0 Å². The van der Waals surface area contributed by atoms with Crippen LogP contribution < -0.4 is 5.73 Å². The Kier molecular flexibility index (Phi) is 6.35. The molecule has 0 aromatic rings. The first-order valence-electron chi connectivity index (χ1n) is 3.22. The first-order valence-corrected chi connectivity index (χ1v) is 16.5. The van der Waals surface area contributed by atoms with Gasteiger partial charge in [-0.25, -0.2) is 0 Å². The van der Waals surface area contributed by atoms with Gasteiger partial charge in [0, 0.05) is 0 Å². The summed E-state index contributed by atoms with van der Waals surface area (Å²) < 4.78 is 2.36. The summed E-state index contributed by atoms with van der Waals surface area (Å²) in [5.74, 6) is 0. The normalized spacial score (nSPS) is 16.3. The van der Waals surface area contributed by atoms with E-state index in [4.69, 9.17) is 5.73 Å². The van der Waals surface area contributed by atoms with E-state index in [1.165, 1.54) is 0 Å². The summed E-state index contributed by atoms with van der Waals surface area (Å²) >= 11 is -0.511. The molecule has 0 saturated heterocycles. The molecule has 0 heterocycles. The van der Waals surface area contributed by atoms with Crippen molar-refractivity contribution in [3.63, 3.8) is 0 Å². The number of hydrogen-bond donors (Lipinski definition) is 1. The molecule has 1 unspecified atom stereocenters. The van der Waals surface area contributed by atoms with E-state index in [9.17, 15) is 0 Å². The Morgan fingerprint density at radius 2 is 2.33 bits per heavy atom. The Labute approximate surface area is 71.8 Å². The van der Waals surface area contributed by atoms with Gasteiger partial charge < -0.3 is 0 Å². The molecule has 0 saturated carbocycles. The molecule has 0 aliphatic heterocycles. The molecule has 52 valence electrons. The zero-order valence-corrected chi connectivity index (χ0v) is 12.4. The predicted molar refractivity (Wildman–Crippen MR) is 48.2 cm³/mol. The first kappa shape index (κ1) is 9.97. The van der Waals surface area contributed by atoms with Crippen molar-refractivity contribution < 1.29 is 0 Å². The molecule has 0 spiro atoms. The van der Waals surface area contributed by atoms with Crippen LogP contribution in [0.3, 0.4) is 0 Å². The van der Waals surface area contributed by atoms with Crippen LogP contribution in [-0.2, 0) is 0 Å². The van der Waals surface area contributed by atoms with Gasteiger partial charge >= 0.3 is 72.1 Å². The van der Waals surface area contributed by atoms with E-state index in [-0.39, 0.29) is 6.04 Å². The fourth-order valence-corrected chi connectivity index (χ4v) is 10.1. The molecule has 0 bridgehead atoms. The average molecular weight is 337 g/mol. The van der Waals surface area contributed by atoms with E-state index < -0.39 is 22.7 Å². The third-order valence-corrected chi connectivity index (χ3v) is 12.4. The van der Waals surface area contributed by atoms with Crippen molar-refractivity contribution in [2.45, 2.75) is 22.7 Å². The van der Waals surface area contributed by atoms with Crippen LogP contribution in [0.15, 0.2) is 12.7 Å². The maximum atomic E-state index is 5.70. The van der Waals surface area contributed by atoms with Crippen LogP contribution in [0.4, 0.5) is 0 Å². The summed E-state index contributed by atoms with van der Waals surface area (Å²) in [5, 5.41) is 0.606. The second kappa shape index (κ2) is 5.73. The van der Waals surface area contributed by atoms with Crippen molar-refractivity contribution >= 4 is 31.0 Å². The second-order valence-electron chi connectivity index (χ2n) is 1.97. The summed E-state index contributed by atoms with van der Waals surface area (Å²) in [4.78, 5) is 0. The van der Waals surface area contributed by atoms with Crippen molar-refractivity contribution in [2.24, 2.45) is 5.73 Å². The minimum atomic E-state index is -0.511. The standard InChI is InChI=1S/C5H11NS.CH3.Tl.H/c1-3-5(6)4(2)7;;;/h3-5,7H,1,6H2,2H3;1H3;;/q;;+1;/p-1/t4?,5-;;;/m0.../s1. The second-order valence-corrected chi connectivity index (χ2v) is 14.2. The van der Waals surface area contributed by atoms with Crippen LogP contribution in [0.25, 0.3) is 0 Å². The van der Waals surface area contributed by atoms with Crippen molar-refractivity contribution in [1.82, 2.24) is 0 Å². The summed E-state index contributed by atoms with van der Waals surface area (Å²) in [6, 6.07) is 0.204. The van der Waals surface area contributed by atoms with Crippen molar-refractivity contribution in [3.05, 3.63) is 12.7 Å². The van der Waals surface area contributed by atoms with E-state index in [1.54, 1.807) is 0 Å². The Hall–Kier alpha value is 0.972. The third kappa shape index (κ3) is 4.39. The number of hydrogen-bond acceptors (Lipinski definition) is 2. The topological polar surface area (TPSA) is 26.0 Å². The van der Waals surface area contributed by atoms with Crippen LogP contribution in [-0.4, -0.2) is 34.0 Å². The fraction of sp³-hybridized carbons (Fsp3) is 0.667. The maximum absolute atomic E-state index is 5.70. The molecule has 0 radical (unpaired) electrons. The zero-order chi connectivity index (χ0) is 7.28. The van der Waals surface area contributed by atoms with Crippen molar-refractivity contribution in [2.75, 3.05) is 0 Å². The van der Waals surface area contributed by atoms with E-state index in [0.717, 1.165) is 0 Å². The molecular weight excluding hydrogens is 323 g/mol. The number of rotatable bonds is 4. The Morgan fingerprint density at radius 3 is 2.67 bits per heavy atom. The van der Waals surface area contributed by atoms with E-state index >= 15 is 0 Å². The van der Waals surface area contributed by atoms with Crippen molar-refractivity contribution in [3.8, 4) is 0 Å². The minimum absolute atomic E-state index is 0.204. The Balaban J connectivity index is 3.44. The molecule has 0 fully saturated rings. The molecule has 0 aromatic carbocycles. The molecular formula is C6H14NSTl. The molecule has 0 rings (SSSR count). The van der Waals surface area contributed by atoms with Gasteiger partial charge in [-0.05, 0) is 0 Å². The molecule has 2 atom stereocenters. The van der Waals surface area contributed by atoms with E-state index in [1.807, 2.05) is 6.08 Å². The van der Waals surface area contributed by atoms with Crippen LogP contribution in [0.2, 0.25) is 4.48 Å². The van der Waals surface area contributed by atoms with Gasteiger partial charge in [0.15, 0.2) is 0 Å². The predicted octanol–water partition coefficient (Wildman–Crippen LogP) is 1.02. The number of nitrogens with two attached hydrogens (primary N) is 1.